The van der Waals surface area contributed by atoms with Crippen molar-refractivity contribution >= 4 is 0 Å². The van der Waals surface area contributed by atoms with Gasteiger partial charge in [-0.05, 0) is 24.0 Å². The Balaban J connectivity index is 1.78. The fraction of sp³-hybridized carbons (Fsp3) is 0.737. The van der Waals surface area contributed by atoms with Crippen LogP contribution in [0.15, 0.2) is 24.4 Å². The molecule has 4 aliphatic rings. The summed E-state index contributed by atoms with van der Waals surface area (Å²) in [6.45, 7) is 13.1. The van der Waals surface area contributed by atoms with Crippen LogP contribution in [-0.2, 0) is 0 Å². The molecule has 4 fully saturated rings. The van der Waals surface area contributed by atoms with Crippen LogP contribution in [0.2, 0.25) is 0 Å². The van der Waals surface area contributed by atoms with E-state index in [1.54, 1.807) is 0 Å². The molecule has 0 aromatic carbocycles. The van der Waals surface area contributed by atoms with Gasteiger partial charge in [-0.25, -0.2) is 0 Å². The van der Waals surface area contributed by atoms with E-state index in [2.05, 4.69) is 54.6 Å². The van der Waals surface area contributed by atoms with Gasteiger partial charge in [0.2, 0.25) is 0 Å². The minimum Gasteiger partial charge on any atom is -0.392 e. The Labute approximate surface area is 139 Å². The lowest BCUT2D eigenvalue weighted by Gasteiger charge is -2.71. The van der Waals surface area contributed by atoms with Crippen LogP contribution in [0.3, 0.4) is 0 Å². The van der Waals surface area contributed by atoms with Crippen LogP contribution >= 0.6 is 0 Å². The molecule has 23 heavy (non-hydrogen) atoms. The summed E-state index contributed by atoms with van der Waals surface area (Å²) in [5, 5.41) is 11.4. The molecular weight excluding hydrogens is 286 g/mol. The van der Waals surface area contributed by atoms with Crippen LogP contribution in [0.1, 0.15) is 39.6 Å². The lowest BCUT2D eigenvalue weighted by Crippen LogP contribution is -2.80. The van der Waals surface area contributed by atoms with Crippen molar-refractivity contribution in [3.8, 4) is 0 Å². The Hall–Kier alpha value is -0.970. The summed E-state index contributed by atoms with van der Waals surface area (Å²) in [5.41, 5.74) is 1.14. The molecule has 1 aromatic heterocycles. The molecule has 4 bridgehead atoms. The van der Waals surface area contributed by atoms with Crippen molar-refractivity contribution in [3.63, 3.8) is 0 Å². The maximum absolute atomic E-state index is 11.4. The largest absolute Gasteiger partial charge is 0.392 e. The molecule has 0 aliphatic carbocycles. The van der Waals surface area contributed by atoms with Crippen LogP contribution in [0.4, 0.5) is 0 Å². The fourth-order valence-electron chi connectivity index (χ4n) is 5.48. The van der Waals surface area contributed by atoms with E-state index in [0.29, 0.717) is 11.8 Å². The topological polar surface area (TPSA) is 39.6 Å². The number of hydrogen-bond donors (Lipinski definition) is 1. The monoisotopic (exact) mass is 315 g/mol. The SMILES string of the molecule is CC(C)C12CN3CC(C(C)C)(CN(C1)C3c1ccccn1)C2O. The van der Waals surface area contributed by atoms with Crippen LogP contribution in [0, 0.1) is 22.7 Å². The highest BCUT2D eigenvalue weighted by Crippen LogP contribution is 2.59. The van der Waals surface area contributed by atoms with Crippen molar-refractivity contribution in [2.24, 2.45) is 22.7 Å². The summed E-state index contributed by atoms with van der Waals surface area (Å²) in [5.74, 6) is 0.955. The standard InChI is InChI=1S/C19H29N3O/c1-13(2)18-9-21-11-19(14(3)4,17(18)23)12-22(10-18)16(21)15-7-5-6-8-20-15/h5-8,13-14,16-17,23H,9-12H2,1-4H3. The third kappa shape index (κ3) is 1.92. The number of rotatable bonds is 3. The normalized spacial score (nSPS) is 45.2. The van der Waals surface area contributed by atoms with Crippen LogP contribution in [0.25, 0.3) is 0 Å². The summed E-state index contributed by atoms with van der Waals surface area (Å²) in [4.78, 5) is 9.80. The van der Waals surface area contributed by atoms with E-state index in [0.717, 1.165) is 31.9 Å². The number of hydrogen-bond acceptors (Lipinski definition) is 4. The molecule has 1 N–H and O–H groups in total. The predicted octanol–water partition coefficient (Wildman–Crippen LogP) is 2.37. The second-order valence-electron chi connectivity index (χ2n) is 8.62. The van der Waals surface area contributed by atoms with Gasteiger partial charge in [0, 0.05) is 43.2 Å². The fourth-order valence-corrected chi connectivity index (χ4v) is 5.48. The van der Waals surface area contributed by atoms with Gasteiger partial charge in [-0.2, -0.15) is 0 Å². The lowest BCUT2D eigenvalue weighted by molar-refractivity contribution is -0.288. The van der Waals surface area contributed by atoms with Crippen molar-refractivity contribution in [3.05, 3.63) is 30.1 Å². The van der Waals surface area contributed by atoms with E-state index in [1.165, 1.54) is 0 Å². The van der Waals surface area contributed by atoms with Gasteiger partial charge in [0.25, 0.3) is 0 Å². The molecule has 1 aromatic rings. The van der Waals surface area contributed by atoms with Crippen molar-refractivity contribution in [1.82, 2.24) is 14.8 Å². The maximum Gasteiger partial charge on any atom is 0.106 e. The van der Waals surface area contributed by atoms with Gasteiger partial charge >= 0.3 is 0 Å². The van der Waals surface area contributed by atoms with Crippen LogP contribution in [0.5, 0.6) is 0 Å². The van der Waals surface area contributed by atoms with Gasteiger partial charge in [0.05, 0.1) is 11.8 Å². The van der Waals surface area contributed by atoms with Crippen molar-refractivity contribution < 1.29 is 5.11 Å². The Morgan fingerprint density at radius 1 is 1.00 bits per heavy atom. The Morgan fingerprint density at radius 3 is 1.91 bits per heavy atom. The molecule has 4 nitrogen and oxygen atoms in total. The molecule has 4 saturated heterocycles. The first kappa shape index (κ1) is 15.6. The van der Waals surface area contributed by atoms with Crippen molar-refractivity contribution in [2.75, 3.05) is 26.2 Å². The first-order valence-corrected chi connectivity index (χ1v) is 8.98. The average Bonchev–Trinajstić information content (AvgIpc) is 2.51. The van der Waals surface area contributed by atoms with E-state index in [-0.39, 0.29) is 23.1 Å². The molecular formula is C19H29N3O. The number of aromatic nitrogens is 1. The van der Waals surface area contributed by atoms with Gasteiger partial charge in [0.15, 0.2) is 0 Å². The molecule has 126 valence electrons. The molecule has 0 saturated carbocycles. The summed E-state index contributed by atoms with van der Waals surface area (Å²) in [6.07, 6.45) is 1.98. The Bertz CT molecular complexity index is 542. The maximum atomic E-state index is 11.4. The number of pyridine rings is 1. The third-order valence-corrected chi connectivity index (χ3v) is 7.02. The van der Waals surface area contributed by atoms with E-state index in [9.17, 15) is 5.11 Å². The van der Waals surface area contributed by atoms with E-state index in [4.69, 9.17) is 0 Å². The zero-order valence-corrected chi connectivity index (χ0v) is 14.7. The zero-order chi connectivity index (χ0) is 16.4. The smallest absolute Gasteiger partial charge is 0.106 e. The highest BCUT2D eigenvalue weighted by Gasteiger charge is 2.67. The molecule has 5 heterocycles. The third-order valence-electron chi connectivity index (χ3n) is 7.02. The average molecular weight is 315 g/mol. The molecule has 0 spiro atoms. The number of nitrogens with zero attached hydrogens (tertiary/aromatic N) is 3. The summed E-state index contributed by atoms with van der Waals surface area (Å²) in [6, 6.07) is 6.22. The van der Waals surface area contributed by atoms with Gasteiger partial charge in [-0.1, -0.05) is 33.8 Å². The number of aliphatic hydroxyl groups is 1. The first-order valence-electron chi connectivity index (χ1n) is 8.98. The molecule has 0 radical (unpaired) electrons. The summed E-state index contributed by atoms with van der Waals surface area (Å²) < 4.78 is 0. The van der Waals surface area contributed by atoms with Crippen LogP contribution < -0.4 is 0 Å². The molecule has 5 rings (SSSR count). The molecule has 0 amide bonds. The van der Waals surface area contributed by atoms with Gasteiger partial charge in [-0.3, -0.25) is 14.8 Å². The molecule has 0 atom stereocenters. The quantitative estimate of drug-likeness (QED) is 0.929. The van der Waals surface area contributed by atoms with Crippen molar-refractivity contribution in [2.45, 2.75) is 40.0 Å². The predicted molar refractivity (Wildman–Crippen MR) is 90.7 cm³/mol. The lowest BCUT2D eigenvalue weighted by atomic mass is 9.52. The molecule has 4 aliphatic heterocycles. The Morgan fingerprint density at radius 2 is 1.52 bits per heavy atom. The molecule has 0 unspecified atom stereocenters. The summed E-state index contributed by atoms with van der Waals surface area (Å²) in [7, 11) is 0. The summed E-state index contributed by atoms with van der Waals surface area (Å²) >= 11 is 0. The van der Waals surface area contributed by atoms with Crippen LogP contribution in [-0.4, -0.2) is 52.2 Å². The minimum absolute atomic E-state index is 0.00789. The highest BCUT2D eigenvalue weighted by molar-refractivity contribution is 5.21. The van der Waals surface area contributed by atoms with Crippen molar-refractivity contribution in [1.29, 1.82) is 0 Å². The number of piperidine rings is 2. The van der Waals surface area contributed by atoms with Gasteiger partial charge in [-0.15, -0.1) is 0 Å². The second-order valence-corrected chi connectivity index (χ2v) is 8.62. The highest BCUT2D eigenvalue weighted by atomic mass is 16.3. The first-order chi connectivity index (χ1) is 10.9. The minimum atomic E-state index is -0.202. The zero-order valence-electron chi connectivity index (χ0n) is 14.7. The second kappa shape index (κ2) is 5.01. The van der Waals surface area contributed by atoms with Gasteiger partial charge < -0.3 is 5.11 Å². The molecule has 4 heteroatoms. The number of aliphatic hydroxyl groups excluding tert-OH is 1. The van der Waals surface area contributed by atoms with Gasteiger partial charge in [0.1, 0.15) is 6.17 Å². The van der Waals surface area contributed by atoms with E-state index >= 15 is 0 Å². The van der Waals surface area contributed by atoms with E-state index < -0.39 is 0 Å². The Kier molecular flexibility index (Phi) is 3.39. The van der Waals surface area contributed by atoms with E-state index in [1.807, 2.05) is 12.3 Å².